The lowest BCUT2D eigenvalue weighted by atomic mass is 10.0. The van der Waals surface area contributed by atoms with Crippen LogP contribution >= 0.6 is 11.3 Å². The minimum absolute atomic E-state index is 0.0408. The summed E-state index contributed by atoms with van der Waals surface area (Å²) >= 11 is 1.28. The highest BCUT2D eigenvalue weighted by Gasteiger charge is 2.29. The number of rotatable bonds is 7. The van der Waals surface area contributed by atoms with Crippen molar-refractivity contribution in [1.82, 2.24) is 14.5 Å². The first-order chi connectivity index (χ1) is 15.6. The van der Waals surface area contributed by atoms with Gasteiger partial charge in [0.1, 0.15) is 5.00 Å². The Hall–Kier alpha value is -2.76. The summed E-state index contributed by atoms with van der Waals surface area (Å²) in [7, 11) is -2.09. The first-order valence-corrected chi connectivity index (χ1v) is 12.9. The van der Waals surface area contributed by atoms with Crippen LogP contribution in [0, 0.1) is 0 Å². The molecule has 9 nitrogen and oxygen atoms in total. The number of fused-ring (bicyclic) bond motifs is 1. The fourth-order valence-electron chi connectivity index (χ4n) is 3.79. The molecule has 11 heteroatoms. The van der Waals surface area contributed by atoms with Crippen LogP contribution in [0.5, 0.6) is 0 Å². The van der Waals surface area contributed by atoms with Crippen molar-refractivity contribution < 1.29 is 22.8 Å². The normalized spacial score (nSPS) is 13.5. The van der Waals surface area contributed by atoms with Gasteiger partial charge in [0.15, 0.2) is 0 Å². The van der Waals surface area contributed by atoms with Gasteiger partial charge in [0.05, 0.1) is 17.0 Å². The van der Waals surface area contributed by atoms with Gasteiger partial charge in [-0.1, -0.05) is 13.8 Å². The predicted octanol–water partition coefficient (Wildman–Crippen LogP) is 2.30. The van der Waals surface area contributed by atoms with Crippen LogP contribution in [0.3, 0.4) is 0 Å². The van der Waals surface area contributed by atoms with Gasteiger partial charge in [-0.05, 0) is 36.2 Å². The standard InChI is InChI=1S/C22H28N4O5S2/c1-5-26(6-2)33(30,31)16-9-7-15(8-10-16)20(28)24-22-19(21(29)23-4)17-11-12-25(14(3)27)13-18(17)32-22/h7-10H,5-6,11-13H2,1-4H3,(H,23,29)(H,24,28). The molecule has 3 amide bonds. The highest BCUT2D eigenvalue weighted by atomic mass is 32.2. The molecule has 0 radical (unpaired) electrons. The van der Waals surface area contributed by atoms with Crippen molar-refractivity contribution in [3.63, 3.8) is 0 Å². The molecular formula is C22H28N4O5S2. The summed E-state index contributed by atoms with van der Waals surface area (Å²) in [5.74, 6) is -0.797. The minimum atomic E-state index is -3.62. The maximum absolute atomic E-state index is 12.9. The number of benzene rings is 1. The Labute approximate surface area is 197 Å². The molecule has 0 spiro atoms. The van der Waals surface area contributed by atoms with Crippen LogP contribution in [-0.2, 0) is 27.8 Å². The second-order valence-electron chi connectivity index (χ2n) is 7.55. The van der Waals surface area contributed by atoms with E-state index < -0.39 is 15.9 Å². The Kier molecular flexibility index (Phi) is 7.55. The van der Waals surface area contributed by atoms with Gasteiger partial charge in [0, 0.05) is 44.0 Å². The molecule has 1 aromatic carbocycles. The quantitative estimate of drug-likeness (QED) is 0.615. The molecule has 0 saturated carbocycles. The molecule has 178 valence electrons. The lowest BCUT2D eigenvalue weighted by Crippen LogP contribution is -2.34. The van der Waals surface area contributed by atoms with E-state index in [2.05, 4.69) is 10.6 Å². The van der Waals surface area contributed by atoms with Crippen molar-refractivity contribution in [2.75, 3.05) is 32.0 Å². The smallest absolute Gasteiger partial charge is 0.256 e. The minimum Gasteiger partial charge on any atom is -0.355 e. The Morgan fingerprint density at radius 3 is 2.27 bits per heavy atom. The van der Waals surface area contributed by atoms with E-state index in [4.69, 9.17) is 0 Å². The van der Waals surface area contributed by atoms with Crippen molar-refractivity contribution in [3.05, 3.63) is 45.8 Å². The van der Waals surface area contributed by atoms with E-state index in [-0.39, 0.29) is 22.3 Å². The Bertz CT molecular complexity index is 1170. The molecule has 0 bridgehead atoms. The highest BCUT2D eigenvalue weighted by molar-refractivity contribution is 7.89. The number of hydrogen-bond donors (Lipinski definition) is 2. The molecule has 2 aromatic rings. The third-order valence-corrected chi connectivity index (χ3v) is 8.84. The van der Waals surface area contributed by atoms with Crippen molar-refractivity contribution in [2.45, 2.75) is 38.6 Å². The number of thiophene rings is 1. The zero-order chi connectivity index (χ0) is 24.3. The van der Waals surface area contributed by atoms with Crippen LogP contribution in [0.1, 0.15) is 51.9 Å². The first kappa shape index (κ1) is 24.9. The molecule has 0 saturated heterocycles. The van der Waals surface area contributed by atoms with Crippen LogP contribution in [0.4, 0.5) is 5.00 Å². The van der Waals surface area contributed by atoms with Gasteiger partial charge in [-0.15, -0.1) is 11.3 Å². The third-order valence-electron chi connectivity index (χ3n) is 5.64. The summed E-state index contributed by atoms with van der Waals surface area (Å²) in [5.41, 5.74) is 1.52. The molecule has 3 rings (SSSR count). The fraction of sp³-hybridized carbons (Fsp3) is 0.409. The Morgan fingerprint density at radius 2 is 1.73 bits per heavy atom. The molecular weight excluding hydrogens is 464 g/mol. The number of sulfonamides is 1. The van der Waals surface area contributed by atoms with Gasteiger partial charge in [-0.3, -0.25) is 14.4 Å². The molecule has 0 atom stereocenters. The second kappa shape index (κ2) is 10.0. The van der Waals surface area contributed by atoms with Crippen molar-refractivity contribution >= 4 is 44.1 Å². The zero-order valence-corrected chi connectivity index (χ0v) is 20.7. The molecule has 1 aromatic heterocycles. The van der Waals surface area contributed by atoms with Crippen LogP contribution < -0.4 is 10.6 Å². The average Bonchev–Trinajstić information content (AvgIpc) is 3.16. The van der Waals surface area contributed by atoms with Crippen LogP contribution in [-0.4, -0.2) is 62.0 Å². The summed E-state index contributed by atoms with van der Waals surface area (Å²) < 4.78 is 26.7. The van der Waals surface area contributed by atoms with E-state index in [0.29, 0.717) is 43.2 Å². The average molecular weight is 493 g/mol. The predicted molar refractivity (Wildman–Crippen MR) is 127 cm³/mol. The summed E-state index contributed by atoms with van der Waals surface area (Å²) in [6.07, 6.45) is 0.530. The maximum atomic E-state index is 12.9. The number of hydrogen-bond acceptors (Lipinski definition) is 6. The molecule has 0 fully saturated rings. The number of nitrogens with one attached hydrogen (secondary N) is 2. The third kappa shape index (κ3) is 4.94. The highest BCUT2D eigenvalue weighted by Crippen LogP contribution is 2.37. The number of nitrogens with zero attached hydrogens (tertiary/aromatic N) is 2. The summed E-state index contributed by atoms with van der Waals surface area (Å²) in [6, 6.07) is 5.73. The van der Waals surface area contributed by atoms with Gasteiger partial charge in [0.25, 0.3) is 11.8 Å². The summed E-state index contributed by atoms with van der Waals surface area (Å²) in [6.45, 7) is 6.66. The number of anilines is 1. The first-order valence-electron chi connectivity index (χ1n) is 10.7. The lowest BCUT2D eigenvalue weighted by molar-refractivity contribution is -0.129. The largest absolute Gasteiger partial charge is 0.355 e. The lowest BCUT2D eigenvalue weighted by Gasteiger charge is -2.25. The van der Waals surface area contributed by atoms with Crippen LogP contribution in [0.2, 0.25) is 0 Å². The SMILES string of the molecule is CCN(CC)S(=O)(=O)c1ccc(C(=O)Nc2sc3c(c2C(=O)NC)CCN(C(C)=O)C3)cc1. The van der Waals surface area contributed by atoms with Gasteiger partial charge in [-0.2, -0.15) is 4.31 Å². The van der Waals surface area contributed by atoms with Gasteiger partial charge in [0.2, 0.25) is 15.9 Å². The van der Waals surface area contributed by atoms with E-state index in [1.807, 2.05) is 0 Å². The zero-order valence-electron chi connectivity index (χ0n) is 19.1. The van der Waals surface area contributed by atoms with Gasteiger partial charge in [-0.25, -0.2) is 8.42 Å². The van der Waals surface area contributed by atoms with E-state index in [1.54, 1.807) is 18.7 Å². The van der Waals surface area contributed by atoms with Crippen molar-refractivity contribution in [3.8, 4) is 0 Å². The summed E-state index contributed by atoms with van der Waals surface area (Å²) in [5, 5.41) is 5.83. The molecule has 2 N–H and O–H groups in total. The second-order valence-corrected chi connectivity index (χ2v) is 10.6. The topological polar surface area (TPSA) is 116 Å². The molecule has 0 unspecified atom stereocenters. The molecule has 2 heterocycles. The molecule has 0 aliphatic carbocycles. The number of amides is 3. The Morgan fingerprint density at radius 1 is 1.09 bits per heavy atom. The molecule has 33 heavy (non-hydrogen) atoms. The molecule has 1 aliphatic heterocycles. The fourth-order valence-corrected chi connectivity index (χ4v) is 6.51. The summed E-state index contributed by atoms with van der Waals surface area (Å²) in [4.78, 5) is 39.9. The number of carbonyl (C=O) groups excluding carboxylic acids is 3. The van der Waals surface area contributed by atoms with Crippen molar-refractivity contribution in [1.29, 1.82) is 0 Å². The van der Waals surface area contributed by atoms with E-state index >= 15 is 0 Å². The van der Waals surface area contributed by atoms with Gasteiger partial charge >= 0.3 is 0 Å². The van der Waals surface area contributed by atoms with Crippen molar-refractivity contribution in [2.24, 2.45) is 0 Å². The van der Waals surface area contributed by atoms with Crippen LogP contribution in [0.25, 0.3) is 0 Å². The monoisotopic (exact) mass is 492 g/mol. The van der Waals surface area contributed by atoms with Crippen LogP contribution in [0.15, 0.2) is 29.2 Å². The van der Waals surface area contributed by atoms with E-state index in [9.17, 15) is 22.8 Å². The maximum Gasteiger partial charge on any atom is 0.256 e. The van der Waals surface area contributed by atoms with Gasteiger partial charge < -0.3 is 15.5 Å². The number of carbonyl (C=O) groups is 3. The molecule has 1 aliphatic rings. The van der Waals surface area contributed by atoms with E-state index in [0.717, 1.165) is 10.4 Å². The Balaban J connectivity index is 1.87. The van der Waals surface area contributed by atoms with E-state index in [1.165, 1.54) is 53.9 Å².